The van der Waals surface area contributed by atoms with Crippen LogP contribution in [0.4, 0.5) is 4.79 Å². The predicted molar refractivity (Wildman–Crippen MR) is 75.4 cm³/mol. The number of amides is 2. The van der Waals surface area contributed by atoms with E-state index in [2.05, 4.69) is 10.6 Å². The molecule has 0 spiro atoms. The summed E-state index contributed by atoms with van der Waals surface area (Å²) in [5, 5.41) is 15.5. The average molecular weight is 284 g/mol. The molecule has 0 saturated heterocycles. The van der Waals surface area contributed by atoms with E-state index in [9.17, 15) is 9.90 Å². The number of hydrogen-bond acceptors (Lipinski definition) is 4. The number of methoxy groups -OCH3 is 1. The van der Waals surface area contributed by atoms with Gasteiger partial charge in [0.25, 0.3) is 0 Å². The second kappa shape index (κ2) is 8.60. The maximum atomic E-state index is 11.7. The number of aliphatic hydroxyl groups excluding tert-OH is 1. The van der Waals surface area contributed by atoms with Gasteiger partial charge in [-0.15, -0.1) is 0 Å². The van der Waals surface area contributed by atoms with Crippen LogP contribution < -0.4 is 10.6 Å². The summed E-state index contributed by atoms with van der Waals surface area (Å²) in [7, 11) is 1.63. The average Bonchev–Trinajstić information content (AvgIpc) is 2.89. The van der Waals surface area contributed by atoms with Crippen molar-refractivity contribution in [1.29, 1.82) is 0 Å². The molecule has 0 aliphatic rings. The van der Waals surface area contributed by atoms with Crippen molar-refractivity contribution < 1.29 is 19.1 Å². The van der Waals surface area contributed by atoms with E-state index in [1.54, 1.807) is 19.2 Å². The summed E-state index contributed by atoms with van der Waals surface area (Å²) in [5.74, 6) is 0.507. The minimum atomic E-state index is -0.716. The predicted octanol–water partition coefficient (Wildman–Crippen LogP) is 1.82. The number of aliphatic hydroxyl groups is 1. The van der Waals surface area contributed by atoms with E-state index >= 15 is 0 Å². The molecule has 6 nitrogen and oxygen atoms in total. The first kappa shape index (κ1) is 16.5. The number of furan rings is 1. The maximum Gasteiger partial charge on any atom is 0.315 e. The van der Waals surface area contributed by atoms with Gasteiger partial charge < -0.3 is 24.9 Å². The highest BCUT2D eigenvalue weighted by molar-refractivity contribution is 5.74. The molecule has 1 aromatic rings. The van der Waals surface area contributed by atoms with Crippen molar-refractivity contribution in [3.05, 3.63) is 24.2 Å². The molecule has 3 atom stereocenters. The monoisotopic (exact) mass is 284 g/mol. The van der Waals surface area contributed by atoms with Gasteiger partial charge in [-0.3, -0.25) is 0 Å². The van der Waals surface area contributed by atoms with Crippen LogP contribution in [0.1, 0.15) is 38.6 Å². The summed E-state index contributed by atoms with van der Waals surface area (Å²) in [5.41, 5.74) is 0. The number of hydrogen-bond donors (Lipinski definition) is 3. The topological polar surface area (TPSA) is 83.7 Å². The third-order valence-electron chi connectivity index (χ3n) is 2.96. The highest BCUT2D eigenvalue weighted by Crippen LogP contribution is 2.18. The molecule has 0 aliphatic heterocycles. The van der Waals surface area contributed by atoms with E-state index in [-0.39, 0.29) is 18.1 Å². The van der Waals surface area contributed by atoms with Gasteiger partial charge in [-0.25, -0.2) is 4.79 Å². The molecule has 1 rings (SSSR count). The van der Waals surface area contributed by atoms with Crippen molar-refractivity contribution in [1.82, 2.24) is 10.6 Å². The van der Waals surface area contributed by atoms with E-state index in [1.165, 1.54) is 6.26 Å². The van der Waals surface area contributed by atoms with E-state index in [4.69, 9.17) is 9.15 Å². The standard InChI is InChI=1S/C14H24N2O4/c1-10(6-8-19-3)15-14(18)16-11(2)9-12(17)13-5-4-7-20-13/h4-5,7,10-12,17H,6,8-9H2,1-3H3,(H2,15,16,18). The fraction of sp³-hybridized carbons (Fsp3) is 0.643. The number of nitrogens with one attached hydrogen (secondary N) is 2. The Morgan fingerprint density at radius 2 is 2.10 bits per heavy atom. The lowest BCUT2D eigenvalue weighted by Crippen LogP contribution is -2.45. The molecule has 0 saturated carbocycles. The molecule has 0 aromatic carbocycles. The molecule has 0 aliphatic carbocycles. The summed E-state index contributed by atoms with van der Waals surface area (Å²) >= 11 is 0. The van der Waals surface area contributed by atoms with Crippen LogP contribution in [0.15, 0.2) is 22.8 Å². The van der Waals surface area contributed by atoms with Crippen molar-refractivity contribution >= 4 is 6.03 Å². The van der Waals surface area contributed by atoms with Crippen molar-refractivity contribution in [2.75, 3.05) is 13.7 Å². The highest BCUT2D eigenvalue weighted by atomic mass is 16.5. The summed E-state index contributed by atoms with van der Waals surface area (Å²) < 4.78 is 10.1. The van der Waals surface area contributed by atoms with E-state index in [0.717, 1.165) is 6.42 Å². The second-order valence-electron chi connectivity index (χ2n) is 4.97. The third kappa shape index (κ3) is 6.08. The van der Waals surface area contributed by atoms with Gasteiger partial charge in [0.1, 0.15) is 11.9 Å². The second-order valence-corrected chi connectivity index (χ2v) is 4.97. The largest absolute Gasteiger partial charge is 0.467 e. The van der Waals surface area contributed by atoms with Gasteiger partial charge in [0, 0.05) is 32.2 Å². The smallest absolute Gasteiger partial charge is 0.315 e. The van der Waals surface area contributed by atoms with E-state index < -0.39 is 6.10 Å². The number of urea groups is 1. The van der Waals surface area contributed by atoms with Gasteiger partial charge in [0.2, 0.25) is 0 Å². The van der Waals surface area contributed by atoms with Crippen LogP contribution in [-0.4, -0.2) is 36.9 Å². The Morgan fingerprint density at radius 3 is 2.70 bits per heavy atom. The Morgan fingerprint density at radius 1 is 1.40 bits per heavy atom. The summed E-state index contributed by atoms with van der Waals surface area (Å²) in [6.07, 6.45) is 1.95. The fourth-order valence-electron chi connectivity index (χ4n) is 1.85. The van der Waals surface area contributed by atoms with Crippen LogP contribution in [0.2, 0.25) is 0 Å². The molecule has 0 radical (unpaired) electrons. The Bertz CT molecular complexity index is 381. The van der Waals surface area contributed by atoms with Gasteiger partial charge >= 0.3 is 6.03 Å². The Labute approximate surface area is 119 Å². The molecule has 3 N–H and O–H groups in total. The molecule has 3 unspecified atom stereocenters. The summed E-state index contributed by atoms with van der Waals surface area (Å²) in [4.78, 5) is 11.7. The maximum absolute atomic E-state index is 11.7. The van der Waals surface area contributed by atoms with Crippen LogP contribution in [-0.2, 0) is 4.74 Å². The van der Waals surface area contributed by atoms with Crippen LogP contribution in [0.25, 0.3) is 0 Å². The molecule has 6 heteroatoms. The first-order valence-corrected chi connectivity index (χ1v) is 6.80. The summed E-state index contributed by atoms with van der Waals surface area (Å²) in [6.45, 7) is 4.36. The van der Waals surface area contributed by atoms with Gasteiger partial charge in [-0.2, -0.15) is 0 Å². The number of ether oxygens (including phenoxy) is 1. The van der Waals surface area contributed by atoms with E-state index in [1.807, 2.05) is 13.8 Å². The third-order valence-corrected chi connectivity index (χ3v) is 2.96. The first-order valence-electron chi connectivity index (χ1n) is 6.80. The van der Waals surface area contributed by atoms with Gasteiger partial charge in [-0.05, 0) is 32.4 Å². The zero-order valence-electron chi connectivity index (χ0n) is 12.3. The molecule has 1 aromatic heterocycles. The van der Waals surface area contributed by atoms with E-state index in [0.29, 0.717) is 18.8 Å². The quantitative estimate of drug-likeness (QED) is 0.680. The number of rotatable bonds is 8. The van der Waals surface area contributed by atoms with Crippen molar-refractivity contribution in [2.45, 2.75) is 44.9 Å². The molecule has 0 bridgehead atoms. The zero-order chi connectivity index (χ0) is 15.0. The summed E-state index contributed by atoms with van der Waals surface area (Å²) in [6, 6.07) is 3.07. The fourth-order valence-corrected chi connectivity index (χ4v) is 1.85. The van der Waals surface area contributed by atoms with Gasteiger partial charge in [0.15, 0.2) is 0 Å². The molecular weight excluding hydrogens is 260 g/mol. The molecule has 2 amide bonds. The van der Waals surface area contributed by atoms with Crippen LogP contribution in [0, 0.1) is 0 Å². The van der Waals surface area contributed by atoms with Gasteiger partial charge in [-0.1, -0.05) is 0 Å². The minimum Gasteiger partial charge on any atom is -0.467 e. The van der Waals surface area contributed by atoms with Crippen LogP contribution >= 0.6 is 0 Å². The Kier molecular flexibility index (Phi) is 7.11. The molecule has 20 heavy (non-hydrogen) atoms. The number of carbonyl (C=O) groups excluding carboxylic acids is 1. The molecule has 0 fully saturated rings. The Hall–Kier alpha value is -1.53. The van der Waals surface area contributed by atoms with Crippen LogP contribution in [0.5, 0.6) is 0 Å². The van der Waals surface area contributed by atoms with Crippen molar-refractivity contribution in [2.24, 2.45) is 0 Å². The lowest BCUT2D eigenvalue weighted by molar-refractivity contribution is 0.129. The zero-order valence-corrected chi connectivity index (χ0v) is 12.3. The SMILES string of the molecule is COCCC(C)NC(=O)NC(C)CC(O)c1ccco1. The molecule has 114 valence electrons. The van der Waals surface area contributed by atoms with Crippen molar-refractivity contribution in [3.63, 3.8) is 0 Å². The van der Waals surface area contributed by atoms with Crippen LogP contribution in [0.3, 0.4) is 0 Å². The highest BCUT2D eigenvalue weighted by Gasteiger charge is 2.16. The molecular formula is C14H24N2O4. The lowest BCUT2D eigenvalue weighted by Gasteiger charge is -2.19. The minimum absolute atomic E-state index is 0.0390. The van der Waals surface area contributed by atoms with Crippen molar-refractivity contribution in [3.8, 4) is 0 Å². The Balaban J connectivity index is 2.27. The lowest BCUT2D eigenvalue weighted by atomic mass is 10.1. The number of carbonyl (C=O) groups is 1. The first-order chi connectivity index (χ1) is 9.52. The molecule has 1 heterocycles. The normalized spacial score (nSPS) is 15.4. The van der Waals surface area contributed by atoms with Gasteiger partial charge in [0.05, 0.1) is 6.26 Å².